The fourth-order valence-electron chi connectivity index (χ4n) is 1.57. The Balaban J connectivity index is 2.48. The van der Waals surface area contributed by atoms with Crippen molar-refractivity contribution in [3.8, 4) is 0 Å². The standard InChI is InChI=1S/C13H19NO4/c1-10-4-3-5-11(13(15)16)12(10)14-6-7-18-9-8-17-2/h3-5,14H,6-9H2,1-2H3,(H,15,16). The summed E-state index contributed by atoms with van der Waals surface area (Å²) < 4.78 is 10.2. The molecule has 0 heterocycles. The molecule has 0 saturated heterocycles. The molecular weight excluding hydrogens is 234 g/mol. The van der Waals surface area contributed by atoms with Crippen molar-refractivity contribution in [2.24, 2.45) is 0 Å². The fraction of sp³-hybridized carbons (Fsp3) is 0.462. The number of carbonyl (C=O) groups is 1. The molecule has 0 aliphatic rings. The van der Waals surface area contributed by atoms with Crippen molar-refractivity contribution in [1.82, 2.24) is 0 Å². The predicted octanol–water partition coefficient (Wildman–Crippen LogP) is 1.77. The van der Waals surface area contributed by atoms with Crippen molar-refractivity contribution in [3.63, 3.8) is 0 Å². The van der Waals surface area contributed by atoms with Crippen LogP contribution in [0.1, 0.15) is 15.9 Å². The first-order valence-corrected chi connectivity index (χ1v) is 5.80. The van der Waals surface area contributed by atoms with Gasteiger partial charge in [0.25, 0.3) is 0 Å². The number of carboxylic acid groups (broad SMARTS) is 1. The zero-order valence-electron chi connectivity index (χ0n) is 10.7. The van der Waals surface area contributed by atoms with Crippen molar-refractivity contribution in [1.29, 1.82) is 0 Å². The van der Waals surface area contributed by atoms with Gasteiger partial charge >= 0.3 is 5.97 Å². The van der Waals surface area contributed by atoms with Gasteiger partial charge in [0.1, 0.15) is 0 Å². The molecule has 0 aliphatic carbocycles. The number of hydrogen-bond acceptors (Lipinski definition) is 4. The number of aryl methyl sites for hydroxylation is 1. The van der Waals surface area contributed by atoms with Gasteiger partial charge in [-0.05, 0) is 18.6 Å². The van der Waals surface area contributed by atoms with Crippen LogP contribution >= 0.6 is 0 Å². The van der Waals surface area contributed by atoms with Gasteiger partial charge < -0.3 is 19.9 Å². The van der Waals surface area contributed by atoms with E-state index < -0.39 is 5.97 Å². The number of methoxy groups -OCH3 is 1. The molecule has 0 atom stereocenters. The maximum atomic E-state index is 11.1. The summed E-state index contributed by atoms with van der Waals surface area (Å²) in [6.45, 7) is 4.05. The molecular formula is C13H19NO4. The molecule has 1 aromatic rings. The molecule has 0 fully saturated rings. The molecule has 0 saturated carbocycles. The van der Waals surface area contributed by atoms with Gasteiger partial charge in [0.2, 0.25) is 0 Å². The molecule has 0 bridgehead atoms. The minimum absolute atomic E-state index is 0.284. The Hall–Kier alpha value is -1.59. The molecule has 0 amide bonds. The molecule has 2 N–H and O–H groups in total. The molecule has 1 aromatic carbocycles. The maximum absolute atomic E-state index is 11.1. The van der Waals surface area contributed by atoms with E-state index in [1.54, 1.807) is 19.2 Å². The number of para-hydroxylation sites is 1. The highest BCUT2D eigenvalue weighted by molar-refractivity contribution is 5.95. The van der Waals surface area contributed by atoms with E-state index in [0.29, 0.717) is 32.1 Å². The van der Waals surface area contributed by atoms with Crippen molar-refractivity contribution in [2.45, 2.75) is 6.92 Å². The minimum Gasteiger partial charge on any atom is -0.478 e. The summed E-state index contributed by atoms with van der Waals surface area (Å²) in [5.41, 5.74) is 1.85. The second-order valence-electron chi connectivity index (χ2n) is 3.83. The van der Waals surface area contributed by atoms with Gasteiger partial charge in [-0.2, -0.15) is 0 Å². The van der Waals surface area contributed by atoms with E-state index in [-0.39, 0.29) is 5.56 Å². The second kappa shape index (κ2) is 7.68. The lowest BCUT2D eigenvalue weighted by Crippen LogP contribution is -2.14. The highest BCUT2D eigenvalue weighted by atomic mass is 16.5. The first-order valence-electron chi connectivity index (χ1n) is 5.80. The number of anilines is 1. The maximum Gasteiger partial charge on any atom is 0.337 e. The number of rotatable bonds is 8. The lowest BCUT2D eigenvalue weighted by molar-refractivity contribution is 0.0697. The molecule has 0 aliphatic heterocycles. The van der Waals surface area contributed by atoms with Crippen LogP contribution in [0.25, 0.3) is 0 Å². The Morgan fingerprint density at radius 1 is 1.33 bits per heavy atom. The highest BCUT2D eigenvalue weighted by Crippen LogP contribution is 2.20. The first-order chi connectivity index (χ1) is 8.66. The number of hydrogen-bond donors (Lipinski definition) is 2. The quantitative estimate of drug-likeness (QED) is 0.691. The Morgan fingerprint density at radius 2 is 2.11 bits per heavy atom. The Morgan fingerprint density at radius 3 is 2.78 bits per heavy atom. The van der Waals surface area contributed by atoms with Gasteiger partial charge in [0, 0.05) is 13.7 Å². The van der Waals surface area contributed by atoms with Crippen molar-refractivity contribution >= 4 is 11.7 Å². The SMILES string of the molecule is COCCOCCNc1c(C)cccc1C(=O)O. The van der Waals surface area contributed by atoms with Crippen molar-refractivity contribution in [2.75, 3.05) is 38.8 Å². The third kappa shape index (κ3) is 4.35. The van der Waals surface area contributed by atoms with Crippen LogP contribution in [-0.4, -0.2) is 44.6 Å². The lowest BCUT2D eigenvalue weighted by Gasteiger charge is -2.12. The second-order valence-corrected chi connectivity index (χ2v) is 3.83. The topological polar surface area (TPSA) is 67.8 Å². The number of benzene rings is 1. The average molecular weight is 253 g/mol. The normalized spacial score (nSPS) is 10.3. The molecule has 18 heavy (non-hydrogen) atoms. The zero-order valence-corrected chi connectivity index (χ0v) is 10.7. The average Bonchev–Trinajstić information content (AvgIpc) is 2.34. The van der Waals surface area contributed by atoms with Crippen LogP contribution in [0.3, 0.4) is 0 Å². The predicted molar refractivity (Wildman–Crippen MR) is 69.3 cm³/mol. The zero-order chi connectivity index (χ0) is 13.4. The van der Waals surface area contributed by atoms with Gasteiger partial charge in [-0.25, -0.2) is 4.79 Å². The Kier molecular flexibility index (Phi) is 6.18. The van der Waals surface area contributed by atoms with Crippen LogP contribution in [0.15, 0.2) is 18.2 Å². The van der Waals surface area contributed by atoms with E-state index in [1.165, 1.54) is 0 Å². The summed E-state index contributed by atoms with van der Waals surface area (Å²) in [6, 6.07) is 5.20. The summed E-state index contributed by atoms with van der Waals surface area (Å²) in [5, 5.41) is 12.2. The van der Waals surface area contributed by atoms with Crippen LogP contribution < -0.4 is 5.32 Å². The number of aromatic carboxylic acids is 1. The van der Waals surface area contributed by atoms with Crippen LogP contribution in [0.5, 0.6) is 0 Å². The molecule has 0 unspecified atom stereocenters. The third-order valence-electron chi connectivity index (χ3n) is 2.48. The molecule has 0 spiro atoms. The first kappa shape index (κ1) is 14.5. The highest BCUT2D eigenvalue weighted by Gasteiger charge is 2.10. The van der Waals surface area contributed by atoms with E-state index >= 15 is 0 Å². The minimum atomic E-state index is -0.929. The Bertz CT molecular complexity index is 393. The number of nitrogens with one attached hydrogen (secondary N) is 1. The van der Waals surface area contributed by atoms with Crippen molar-refractivity contribution in [3.05, 3.63) is 29.3 Å². The number of carboxylic acids is 1. The van der Waals surface area contributed by atoms with Gasteiger partial charge in [-0.15, -0.1) is 0 Å². The van der Waals surface area contributed by atoms with Crippen molar-refractivity contribution < 1.29 is 19.4 Å². The monoisotopic (exact) mass is 253 g/mol. The van der Waals surface area contributed by atoms with E-state index in [2.05, 4.69) is 5.32 Å². The van der Waals surface area contributed by atoms with E-state index in [4.69, 9.17) is 14.6 Å². The summed E-state index contributed by atoms with van der Waals surface area (Å²) in [4.78, 5) is 11.1. The van der Waals surface area contributed by atoms with Gasteiger partial charge in [-0.1, -0.05) is 12.1 Å². The van der Waals surface area contributed by atoms with Gasteiger partial charge in [-0.3, -0.25) is 0 Å². The summed E-state index contributed by atoms with van der Waals surface area (Å²) in [7, 11) is 1.62. The summed E-state index contributed by atoms with van der Waals surface area (Å²) >= 11 is 0. The van der Waals surface area contributed by atoms with E-state index in [0.717, 1.165) is 5.56 Å². The van der Waals surface area contributed by atoms with Crippen LogP contribution in [0.2, 0.25) is 0 Å². The fourth-order valence-corrected chi connectivity index (χ4v) is 1.57. The van der Waals surface area contributed by atoms with E-state index in [9.17, 15) is 4.79 Å². The van der Waals surface area contributed by atoms with Gasteiger partial charge in [0.15, 0.2) is 0 Å². The summed E-state index contributed by atoms with van der Waals surface area (Å²) in [5.74, 6) is -0.929. The van der Waals surface area contributed by atoms with Crippen LogP contribution in [0.4, 0.5) is 5.69 Å². The van der Waals surface area contributed by atoms with Crippen LogP contribution in [-0.2, 0) is 9.47 Å². The molecule has 5 heteroatoms. The number of ether oxygens (including phenoxy) is 2. The van der Waals surface area contributed by atoms with Gasteiger partial charge in [0.05, 0.1) is 31.1 Å². The largest absolute Gasteiger partial charge is 0.478 e. The van der Waals surface area contributed by atoms with Crippen LogP contribution in [0, 0.1) is 6.92 Å². The smallest absolute Gasteiger partial charge is 0.337 e. The van der Waals surface area contributed by atoms with E-state index in [1.807, 2.05) is 13.0 Å². The molecule has 5 nitrogen and oxygen atoms in total. The molecule has 100 valence electrons. The lowest BCUT2D eigenvalue weighted by atomic mass is 10.1. The summed E-state index contributed by atoms with van der Waals surface area (Å²) in [6.07, 6.45) is 0. The Labute approximate surface area is 107 Å². The molecule has 0 aromatic heterocycles. The molecule has 0 radical (unpaired) electrons. The molecule has 1 rings (SSSR count). The third-order valence-corrected chi connectivity index (χ3v) is 2.48.